The molecule has 0 fully saturated rings. The van der Waals surface area contributed by atoms with Crippen molar-refractivity contribution in [3.8, 4) is 0 Å². The van der Waals surface area contributed by atoms with E-state index >= 15 is 0 Å². The number of esters is 1. The Morgan fingerprint density at radius 3 is 2.20 bits per heavy atom. The highest BCUT2D eigenvalue weighted by molar-refractivity contribution is 5.65. The van der Waals surface area contributed by atoms with E-state index in [-0.39, 0.29) is 5.97 Å². The van der Waals surface area contributed by atoms with Gasteiger partial charge in [-0.15, -0.1) is 0 Å². The quantitative estimate of drug-likeness (QED) is 0.711. The normalized spacial score (nSPS) is 10.1. The van der Waals surface area contributed by atoms with Crippen molar-refractivity contribution in [2.75, 3.05) is 6.61 Å². The third-order valence-electron chi connectivity index (χ3n) is 2.50. The van der Waals surface area contributed by atoms with Gasteiger partial charge in [0.1, 0.15) is 0 Å². The van der Waals surface area contributed by atoms with Crippen molar-refractivity contribution in [1.82, 2.24) is 0 Å². The Morgan fingerprint density at radius 1 is 1.20 bits per heavy atom. The standard InChI is InChI=1S/C13H18O2/c1-9-7-10(2)13(11(3)8-9)5-6-15-12(4)14/h7-8H,5-6H2,1-4H3. The van der Waals surface area contributed by atoms with Crippen LogP contribution in [0.15, 0.2) is 12.1 Å². The van der Waals surface area contributed by atoms with Gasteiger partial charge in [0.2, 0.25) is 0 Å². The highest BCUT2D eigenvalue weighted by Gasteiger charge is 2.04. The minimum absolute atomic E-state index is 0.211. The zero-order chi connectivity index (χ0) is 11.4. The lowest BCUT2D eigenvalue weighted by Gasteiger charge is -2.11. The SMILES string of the molecule is CC(=O)OCCc1c(C)cc(C)cc1C. The fourth-order valence-corrected chi connectivity index (χ4v) is 1.90. The molecule has 0 unspecified atom stereocenters. The number of hydrogen-bond acceptors (Lipinski definition) is 2. The predicted molar refractivity (Wildman–Crippen MR) is 61.0 cm³/mol. The van der Waals surface area contributed by atoms with E-state index in [1.165, 1.54) is 29.2 Å². The molecular weight excluding hydrogens is 188 g/mol. The molecule has 0 aliphatic rings. The van der Waals surface area contributed by atoms with Crippen molar-refractivity contribution in [2.24, 2.45) is 0 Å². The third-order valence-corrected chi connectivity index (χ3v) is 2.50. The molecule has 2 heteroatoms. The number of carbonyl (C=O) groups excluding carboxylic acids is 1. The van der Waals surface area contributed by atoms with Crippen LogP contribution >= 0.6 is 0 Å². The van der Waals surface area contributed by atoms with E-state index in [0.717, 1.165) is 6.42 Å². The van der Waals surface area contributed by atoms with Gasteiger partial charge in [0, 0.05) is 13.3 Å². The summed E-state index contributed by atoms with van der Waals surface area (Å²) in [6.07, 6.45) is 0.803. The van der Waals surface area contributed by atoms with Gasteiger partial charge in [0.25, 0.3) is 0 Å². The lowest BCUT2D eigenvalue weighted by molar-refractivity contribution is -0.140. The van der Waals surface area contributed by atoms with Gasteiger partial charge < -0.3 is 4.74 Å². The summed E-state index contributed by atoms with van der Waals surface area (Å²) in [6.45, 7) is 8.21. The molecule has 0 saturated carbocycles. The Balaban J connectivity index is 2.72. The van der Waals surface area contributed by atoms with E-state index < -0.39 is 0 Å². The molecule has 0 N–H and O–H groups in total. The number of aryl methyl sites for hydroxylation is 3. The molecule has 15 heavy (non-hydrogen) atoms. The maximum Gasteiger partial charge on any atom is 0.302 e. The molecule has 0 spiro atoms. The number of benzene rings is 1. The average Bonchev–Trinajstić information content (AvgIpc) is 2.08. The first-order valence-electron chi connectivity index (χ1n) is 5.21. The molecule has 0 amide bonds. The largest absolute Gasteiger partial charge is 0.466 e. The molecule has 82 valence electrons. The van der Waals surface area contributed by atoms with E-state index in [4.69, 9.17) is 4.74 Å². The summed E-state index contributed by atoms with van der Waals surface area (Å²) in [5.74, 6) is -0.211. The highest BCUT2D eigenvalue weighted by Crippen LogP contribution is 2.16. The summed E-state index contributed by atoms with van der Waals surface area (Å²) in [6, 6.07) is 4.33. The van der Waals surface area contributed by atoms with Crippen LogP contribution in [0.3, 0.4) is 0 Å². The van der Waals surface area contributed by atoms with Gasteiger partial charge in [-0.25, -0.2) is 0 Å². The van der Waals surface area contributed by atoms with Crippen molar-refractivity contribution in [3.05, 3.63) is 34.4 Å². The van der Waals surface area contributed by atoms with Crippen molar-refractivity contribution in [1.29, 1.82) is 0 Å². The van der Waals surface area contributed by atoms with Crippen LogP contribution in [0.5, 0.6) is 0 Å². The summed E-state index contributed by atoms with van der Waals surface area (Å²) in [5, 5.41) is 0. The molecule has 0 atom stereocenters. The zero-order valence-corrected chi connectivity index (χ0v) is 9.89. The first-order chi connectivity index (χ1) is 7.00. The number of ether oxygens (including phenoxy) is 1. The molecule has 0 saturated heterocycles. The fraction of sp³-hybridized carbons (Fsp3) is 0.462. The van der Waals surface area contributed by atoms with E-state index in [0.29, 0.717) is 6.61 Å². The molecular formula is C13H18O2. The molecule has 1 rings (SSSR count). The van der Waals surface area contributed by atoms with Gasteiger partial charge in [-0.05, 0) is 37.5 Å². The van der Waals surface area contributed by atoms with Crippen molar-refractivity contribution in [2.45, 2.75) is 34.1 Å². The molecule has 1 aromatic carbocycles. The Bertz CT molecular complexity index is 344. The van der Waals surface area contributed by atoms with E-state index in [9.17, 15) is 4.79 Å². The van der Waals surface area contributed by atoms with Gasteiger partial charge in [-0.2, -0.15) is 0 Å². The van der Waals surface area contributed by atoms with E-state index in [1.54, 1.807) is 0 Å². The predicted octanol–water partition coefficient (Wildman–Crippen LogP) is 2.72. The lowest BCUT2D eigenvalue weighted by Crippen LogP contribution is -2.05. The first-order valence-corrected chi connectivity index (χ1v) is 5.21. The number of hydrogen-bond donors (Lipinski definition) is 0. The first kappa shape index (κ1) is 11.8. The van der Waals surface area contributed by atoms with Gasteiger partial charge in [-0.3, -0.25) is 4.79 Å². The van der Waals surface area contributed by atoms with Gasteiger partial charge in [0.05, 0.1) is 6.61 Å². The number of rotatable bonds is 3. The summed E-state index contributed by atoms with van der Waals surface area (Å²) >= 11 is 0. The summed E-state index contributed by atoms with van der Waals surface area (Å²) in [7, 11) is 0. The Hall–Kier alpha value is -1.31. The van der Waals surface area contributed by atoms with Crippen LogP contribution in [0, 0.1) is 20.8 Å². The maximum atomic E-state index is 10.6. The molecule has 2 nitrogen and oxygen atoms in total. The summed E-state index contributed by atoms with van der Waals surface area (Å²) in [5.41, 5.74) is 5.13. The van der Waals surface area contributed by atoms with Crippen molar-refractivity contribution < 1.29 is 9.53 Å². The van der Waals surface area contributed by atoms with Crippen LogP contribution in [0.4, 0.5) is 0 Å². The van der Waals surface area contributed by atoms with Crippen LogP contribution in [-0.4, -0.2) is 12.6 Å². The molecule has 0 radical (unpaired) electrons. The molecule has 0 aliphatic carbocycles. The van der Waals surface area contributed by atoms with E-state index in [1.807, 2.05) is 0 Å². The van der Waals surface area contributed by atoms with Crippen molar-refractivity contribution >= 4 is 5.97 Å². The molecule has 0 heterocycles. The Labute approximate surface area is 91.3 Å². The van der Waals surface area contributed by atoms with Crippen LogP contribution in [0.25, 0.3) is 0 Å². The van der Waals surface area contributed by atoms with Crippen LogP contribution < -0.4 is 0 Å². The second-order valence-electron chi connectivity index (χ2n) is 3.97. The summed E-state index contributed by atoms with van der Waals surface area (Å²) in [4.78, 5) is 10.6. The topological polar surface area (TPSA) is 26.3 Å². The second kappa shape index (κ2) is 4.96. The van der Waals surface area contributed by atoms with Gasteiger partial charge in [0.15, 0.2) is 0 Å². The molecule has 0 bridgehead atoms. The van der Waals surface area contributed by atoms with Crippen molar-refractivity contribution in [3.63, 3.8) is 0 Å². The average molecular weight is 206 g/mol. The van der Waals surface area contributed by atoms with Crippen LogP contribution in [0.1, 0.15) is 29.2 Å². The fourth-order valence-electron chi connectivity index (χ4n) is 1.90. The molecule has 0 aliphatic heterocycles. The minimum atomic E-state index is -0.211. The molecule has 0 aromatic heterocycles. The Morgan fingerprint density at radius 2 is 1.73 bits per heavy atom. The third kappa shape index (κ3) is 3.39. The van der Waals surface area contributed by atoms with Crippen LogP contribution in [0.2, 0.25) is 0 Å². The maximum absolute atomic E-state index is 10.6. The summed E-state index contributed by atoms with van der Waals surface area (Å²) < 4.78 is 4.95. The smallest absolute Gasteiger partial charge is 0.302 e. The van der Waals surface area contributed by atoms with Gasteiger partial charge in [-0.1, -0.05) is 17.7 Å². The Kier molecular flexibility index (Phi) is 3.89. The van der Waals surface area contributed by atoms with Gasteiger partial charge >= 0.3 is 5.97 Å². The second-order valence-corrected chi connectivity index (χ2v) is 3.97. The van der Waals surface area contributed by atoms with Crippen LogP contribution in [-0.2, 0) is 16.0 Å². The monoisotopic (exact) mass is 206 g/mol. The molecule has 1 aromatic rings. The van der Waals surface area contributed by atoms with E-state index in [2.05, 4.69) is 32.9 Å². The lowest BCUT2D eigenvalue weighted by atomic mass is 9.98. The highest BCUT2D eigenvalue weighted by atomic mass is 16.5. The minimum Gasteiger partial charge on any atom is -0.466 e. The number of carbonyl (C=O) groups is 1. The zero-order valence-electron chi connectivity index (χ0n) is 9.89.